The topological polar surface area (TPSA) is 95.9 Å². The number of rotatable bonds is 3. The van der Waals surface area contributed by atoms with E-state index < -0.39 is 29.2 Å². The molecule has 0 aromatic heterocycles. The number of carbonyl (C=O) groups is 2. The summed E-state index contributed by atoms with van der Waals surface area (Å²) in [7, 11) is 0. The first-order valence-electron chi connectivity index (χ1n) is 8.56. The van der Waals surface area contributed by atoms with Crippen LogP contribution in [-0.4, -0.2) is 34.0 Å². The fourth-order valence-corrected chi connectivity index (χ4v) is 3.24. The highest BCUT2D eigenvalue weighted by Crippen LogP contribution is 2.41. The highest BCUT2D eigenvalue weighted by atomic mass is 16.6. The van der Waals surface area contributed by atoms with Crippen LogP contribution in [0.15, 0.2) is 18.2 Å². The molecule has 0 aliphatic heterocycles. The number of benzene rings is 1. The minimum atomic E-state index is -0.978. The van der Waals surface area contributed by atoms with Crippen molar-refractivity contribution in [3.05, 3.63) is 29.3 Å². The molecule has 2 rings (SSSR count). The Morgan fingerprint density at radius 1 is 1.24 bits per heavy atom. The Balaban J connectivity index is 2.23. The number of carboxylic acid groups (broad SMARTS) is 1. The van der Waals surface area contributed by atoms with Gasteiger partial charge < -0.3 is 14.9 Å². The fraction of sp³-hybridized carbons (Fsp3) is 0.579. The van der Waals surface area contributed by atoms with Crippen molar-refractivity contribution in [2.45, 2.75) is 70.5 Å². The molecule has 1 amide bonds. The number of nitrogens with one attached hydrogen (secondary N) is 1. The van der Waals surface area contributed by atoms with Crippen LogP contribution in [0.3, 0.4) is 0 Å². The van der Waals surface area contributed by atoms with E-state index in [0.29, 0.717) is 36.9 Å². The molecule has 6 heteroatoms. The molecule has 0 atom stereocenters. The Morgan fingerprint density at radius 3 is 2.32 bits per heavy atom. The van der Waals surface area contributed by atoms with E-state index >= 15 is 0 Å². The molecule has 0 spiro atoms. The van der Waals surface area contributed by atoms with Crippen molar-refractivity contribution in [3.8, 4) is 0 Å². The number of aryl methyl sites for hydroxylation is 1. The maximum Gasteiger partial charge on any atom is 0.412 e. The van der Waals surface area contributed by atoms with Crippen molar-refractivity contribution < 1.29 is 24.5 Å². The number of aliphatic hydroxyl groups is 1. The molecule has 0 radical (unpaired) electrons. The number of carbonyl (C=O) groups excluding carboxylic acids is 1. The van der Waals surface area contributed by atoms with Crippen LogP contribution in [0.5, 0.6) is 0 Å². The molecule has 0 unspecified atom stereocenters. The number of ether oxygens (including phenoxy) is 1. The van der Waals surface area contributed by atoms with E-state index in [2.05, 4.69) is 5.32 Å². The summed E-state index contributed by atoms with van der Waals surface area (Å²) in [6.45, 7) is 7.19. The normalized spacial score (nSPS) is 23.8. The summed E-state index contributed by atoms with van der Waals surface area (Å²) >= 11 is 0. The maximum absolute atomic E-state index is 11.9. The first-order chi connectivity index (χ1) is 11.5. The summed E-state index contributed by atoms with van der Waals surface area (Å²) in [5.41, 5.74) is 0.506. The van der Waals surface area contributed by atoms with E-state index in [1.54, 1.807) is 39.0 Å². The van der Waals surface area contributed by atoms with E-state index in [1.165, 1.54) is 0 Å². The van der Waals surface area contributed by atoms with E-state index in [4.69, 9.17) is 4.74 Å². The minimum absolute atomic E-state index is 0.405. The van der Waals surface area contributed by atoms with Crippen LogP contribution in [-0.2, 0) is 14.9 Å². The largest absolute Gasteiger partial charge is 0.481 e. The summed E-state index contributed by atoms with van der Waals surface area (Å²) in [4.78, 5) is 23.9. The highest BCUT2D eigenvalue weighted by Gasteiger charge is 2.43. The predicted octanol–water partition coefficient (Wildman–Crippen LogP) is 3.60. The SMILES string of the molecule is Cc1cc(C2(C(=O)O)CCC(O)CC2)ccc1NC(=O)OC(C)(C)C. The summed E-state index contributed by atoms with van der Waals surface area (Å²) in [5, 5.41) is 22.2. The van der Waals surface area contributed by atoms with Gasteiger partial charge >= 0.3 is 12.1 Å². The molecule has 1 aromatic rings. The molecule has 0 saturated heterocycles. The zero-order valence-electron chi connectivity index (χ0n) is 15.3. The van der Waals surface area contributed by atoms with E-state index in [1.807, 2.05) is 6.92 Å². The first kappa shape index (κ1) is 19.2. The van der Waals surface area contributed by atoms with E-state index in [9.17, 15) is 19.8 Å². The number of hydrogen-bond donors (Lipinski definition) is 3. The molecule has 6 nitrogen and oxygen atoms in total. The van der Waals surface area contributed by atoms with Crippen molar-refractivity contribution in [1.29, 1.82) is 0 Å². The number of anilines is 1. The lowest BCUT2D eigenvalue weighted by atomic mass is 9.68. The molecule has 1 aliphatic rings. The quantitative estimate of drug-likeness (QED) is 0.775. The monoisotopic (exact) mass is 349 g/mol. The van der Waals surface area contributed by atoms with Gasteiger partial charge in [-0.25, -0.2) is 4.79 Å². The van der Waals surface area contributed by atoms with Gasteiger partial charge in [-0.15, -0.1) is 0 Å². The fourth-order valence-electron chi connectivity index (χ4n) is 3.24. The van der Waals surface area contributed by atoms with Crippen LogP contribution < -0.4 is 5.32 Å². The minimum Gasteiger partial charge on any atom is -0.481 e. The molecule has 1 saturated carbocycles. The van der Waals surface area contributed by atoms with Crippen LogP contribution in [0, 0.1) is 6.92 Å². The molecule has 1 aromatic carbocycles. The zero-order chi connectivity index (χ0) is 18.8. The average molecular weight is 349 g/mol. The zero-order valence-corrected chi connectivity index (χ0v) is 15.3. The van der Waals surface area contributed by atoms with Gasteiger partial charge in [0.2, 0.25) is 0 Å². The third-order valence-electron chi connectivity index (χ3n) is 4.63. The van der Waals surface area contributed by atoms with Crippen molar-refractivity contribution in [2.24, 2.45) is 0 Å². The lowest BCUT2D eigenvalue weighted by Crippen LogP contribution is -2.40. The Hall–Kier alpha value is -2.08. The molecule has 1 fully saturated rings. The predicted molar refractivity (Wildman–Crippen MR) is 94.8 cm³/mol. The van der Waals surface area contributed by atoms with E-state index in [0.717, 1.165) is 5.56 Å². The smallest absolute Gasteiger partial charge is 0.412 e. The van der Waals surface area contributed by atoms with Crippen LogP contribution in [0.1, 0.15) is 57.6 Å². The molecular weight excluding hydrogens is 322 g/mol. The Kier molecular flexibility index (Phi) is 5.42. The second-order valence-corrected chi connectivity index (χ2v) is 7.78. The van der Waals surface area contributed by atoms with Crippen LogP contribution >= 0.6 is 0 Å². The average Bonchev–Trinajstić information content (AvgIpc) is 2.48. The number of amides is 1. The van der Waals surface area contributed by atoms with Gasteiger partial charge in [-0.2, -0.15) is 0 Å². The summed E-state index contributed by atoms with van der Waals surface area (Å²) < 4.78 is 5.24. The van der Waals surface area contributed by atoms with Crippen LogP contribution in [0.4, 0.5) is 10.5 Å². The molecule has 25 heavy (non-hydrogen) atoms. The lowest BCUT2D eigenvalue weighted by molar-refractivity contribution is -0.146. The Bertz CT molecular complexity index is 654. The van der Waals surface area contributed by atoms with Gasteiger partial charge in [-0.1, -0.05) is 12.1 Å². The van der Waals surface area contributed by atoms with Gasteiger partial charge in [0.1, 0.15) is 5.60 Å². The van der Waals surface area contributed by atoms with Crippen molar-refractivity contribution in [3.63, 3.8) is 0 Å². The molecule has 3 N–H and O–H groups in total. The summed E-state index contributed by atoms with van der Waals surface area (Å²) in [5.74, 6) is -0.869. The lowest BCUT2D eigenvalue weighted by Gasteiger charge is -2.36. The van der Waals surface area contributed by atoms with Crippen molar-refractivity contribution >= 4 is 17.7 Å². The van der Waals surface area contributed by atoms with Crippen LogP contribution in [0.2, 0.25) is 0 Å². The molecule has 0 bridgehead atoms. The number of aliphatic carboxylic acids is 1. The number of carboxylic acids is 1. The Labute approximate surface area is 148 Å². The molecular formula is C19H27NO5. The summed E-state index contributed by atoms with van der Waals surface area (Å²) in [6.07, 6.45) is 0.787. The van der Waals surface area contributed by atoms with Crippen LogP contribution in [0.25, 0.3) is 0 Å². The number of aliphatic hydroxyl groups excluding tert-OH is 1. The Morgan fingerprint density at radius 2 is 1.84 bits per heavy atom. The second kappa shape index (κ2) is 7.04. The molecule has 1 aliphatic carbocycles. The molecule has 0 heterocycles. The van der Waals surface area contributed by atoms with Gasteiger partial charge in [0.05, 0.1) is 11.5 Å². The van der Waals surface area contributed by atoms with Gasteiger partial charge in [-0.05, 0) is 70.6 Å². The van der Waals surface area contributed by atoms with Crippen molar-refractivity contribution in [1.82, 2.24) is 0 Å². The maximum atomic E-state index is 11.9. The second-order valence-electron chi connectivity index (χ2n) is 7.78. The highest BCUT2D eigenvalue weighted by molar-refractivity contribution is 5.87. The number of hydrogen-bond acceptors (Lipinski definition) is 4. The summed E-state index contributed by atoms with van der Waals surface area (Å²) in [6, 6.07) is 5.26. The molecule has 138 valence electrons. The van der Waals surface area contributed by atoms with Gasteiger partial charge in [0, 0.05) is 5.69 Å². The van der Waals surface area contributed by atoms with Crippen molar-refractivity contribution in [2.75, 3.05) is 5.32 Å². The van der Waals surface area contributed by atoms with Gasteiger partial charge in [-0.3, -0.25) is 10.1 Å². The van der Waals surface area contributed by atoms with E-state index in [-0.39, 0.29) is 0 Å². The third kappa shape index (κ3) is 4.51. The van der Waals surface area contributed by atoms with Gasteiger partial charge in [0.15, 0.2) is 0 Å². The van der Waals surface area contributed by atoms with Gasteiger partial charge in [0.25, 0.3) is 0 Å². The first-order valence-corrected chi connectivity index (χ1v) is 8.56. The standard InChI is InChI=1S/C19H27NO5/c1-12-11-13(19(16(22)23)9-7-14(21)8-10-19)5-6-15(12)20-17(24)25-18(2,3)4/h5-6,11,14,21H,7-10H2,1-4H3,(H,20,24)(H,22,23). The third-order valence-corrected chi connectivity index (χ3v) is 4.63.